The Morgan fingerprint density at radius 3 is 2.83 bits per heavy atom. The average Bonchev–Trinajstić information content (AvgIpc) is 3.03. The lowest BCUT2D eigenvalue weighted by atomic mass is 10.1. The van der Waals surface area contributed by atoms with E-state index in [-0.39, 0.29) is 12.4 Å². The molecular formula is C16H12FN3O3. The van der Waals surface area contributed by atoms with Crippen LogP contribution in [-0.4, -0.2) is 23.2 Å². The van der Waals surface area contributed by atoms with Crippen molar-refractivity contribution < 1.29 is 18.5 Å². The minimum absolute atomic E-state index is 0.116. The number of carbonyl (C=O) groups excluding carboxylic acids is 2. The van der Waals surface area contributed by atoms with Crippen LogP contribution in [0.4, 0.5) is 4.39 Å². The molecule has 1 N–H and O–H groups in total. The van der Waals surface area contributed by atoms with Gasteiger partial charge in [-0.3, -0.25) is 9.59 Å². The van der Waals surface area contributed by atoms with Gasteiger partial charge in [-0.05, 0) is 30.3 Å². The minimum atomic E-state index is -0.913. The van der Waals surface area contributed by atoms with Crippen LogP contribution < -0.4 is 5.32 Å². The number of aliphatic imine (C=N–C) groups is 1. The van der Waals surface area contributed by atoms with Crippen LogP contribution in [0.3, 0.4) is 0 Å². The fourth-order valence-electron chi connectivity index (χ4n) is 2.07. The van der Waals surface area contributed by atoms with E-state index in [0.717, 1.165) is 0 Å². The number of rotatable bonds is 4. The minimum Gasteiger partial charge on any atom is -0.356 e. The Hall–Kier alpha value is -3.09. The molecule has 7 heteroatoms. The Labute approximate surface area is 130 Å². The van der Waals surface area contributed by atoms with Gasteiger partial charge in [-0.25, -0.2) is 9.38 Å². The zero-order chi connectivity index (χ0) is 16.2. The number of nitrogens with zero attached hydrogens (tertiary/aromatic N) is 2. The number of hydrogen-bond donors (Lipinski definition) is 1. The maximum Gasteiger partial charge on any atom is 0.262 e. The van der Waals surface area contributed by atoms with Crippen molar-refractivity contribution in [1.29, 1.82) is 0 Å². The van der Waals surface area contributed by atoms with Gasteiger partial charge in [0.1, 0.15) is 17.4 Å². The molecular weight excluding hydrogens is 301 g/mol. The smallest absolute Gasteiger partial charge is 0.262 e. The Morgan fingerprint density at radius 2 is 2.09 bits per heavy atom. The van der Waals surface area contributed by atoms with Gasteiger partial charge in [-0.2, -0.15) is 0 Å². The first-order valence-corrected chi connectivity index (χ1v) is 6.87. The van der Waals surface area contributed by atoms with E-state index < -0.39 is 17.7 Å². The molecule has 6 nitrogen and oxygen atoms in total. The highest BCUT2D eigenvalue weighted by Gasteiger charge is 2.24. The highest BCUT2D eigenvalue weighted by molar-refractivity contribution is 6.07. The van der Waals surface area contributed by atoms with Gasteiger partial charge in [0.25, 0.3) is 5.91 Å². The Balaban J connectivity index is 1.62. The monoisotopic (exact) mass is 313 g/mol. The number of aromatic nitrogens is 1. The zero-order valence-corrected chi connectivity index (χ0v) is 11.9. The molecule has 0 saturated carbocycles. The SMILES string of the molecule is O=C1N=CC=CC1C(=O)NCc1cc(-c2ccc(F)cc2)on1. The van der Waals surface area contributed by atoms with Gasteiger partial charge in [0, 0.05) is 17.8 Å². The van der Waals surface area contributed by atoms with Gasteiger partial charge >= 0.3 is 0 Å². The average molecular weight is 313 g/mol. The van der Waals surface area contributed by atoms with Crippen molar-refractivity contribution in [3.63, 3.8) is 0 Å². The van der Waals surface area contributed by atoms with E-state index in [9.17, 15) is 14.0 Å². The lowest BCUT2D eigenvalue weighted by molar-refractivity contribution is -0.131. The first-order valence-electron chi connectivity index (χ1n) is 6.87. The summed E-state index contributed by atoms with van der Waals surface area (Å²) in [6.07, 6.45) is 4.38. The normalized spacial score (nSPS) is 16.6. The fraction of sp³-hybridized carbons (Fsp3) is 0.125. The summed E-state index contributed by atoms with van der Waals surface area (Å²) in [6, 6.07) is 7.43. The van der Waals surface area contributed by atoms with Crippen molar-refractivity contribution in [1.82, 2.24) is 10.5 Å². The molecule has 0 bridgehead atoms. The molecule has 2 heterocycles. The third-order valence-corrected chi connectivity index (χ3v) is 3.27. The van der Waals surface area contributed by atoms with Crippen LogP contribution in [0.15, 0.2) is 52.0 Å². The first kappa shape index (κ1) is 14.8. The predicted molar refractivity (Wildman–Crippen MR) is 79.9 cm³/mol. The molecule has 2 aromatic rings. The molecule has 1 aromatic heterocycles. The summed E-state index contributed by atoms with van der Waals surface area (Å²) in [5.41, 5.74) is 1.17. The number of dihydropyridines is 1. The van der Waals surface area contributed by atoms with Crippen molar-refractivity contribution in [2.45, 2.75) is 6.54 Å². The zero-order valence-electron chi connectivity index (χ0n) is 11.9. The summed E-state index contributed by atoms with van der Waals surface area (Å²) < 4.78 is 18.1. The molecule has 0 fully saturated rings. The van der Waals surface area contributed by atoms with Gasteiger partial charge in [0.15, 0.2) is 5.76 Å². The van der Waals surface area contributed by atoms with Gasteiger partial charge in [0.05, 0.1) is 6.54 Å². The molecule has 1 aliphatic rings. The Morgan fingerprint density at radius 1 is 1.30 bits per heavy atom. The van der Waals surface area contributed by atoms with Crippen LogP contribution in [0.2, 0.25) is 0 Å². The van der Waals surface area contributed by atoms with Crippen molar-refractivity contribution in [3.8, 4) is 11.3 Å². The van der Waals surface area contributed by atoms with Crippen LogP contribution in [0.1, 0.15) is 5.69 Å². The van der Waals surface area contributed by atoms with Crippen molar-refractivity contribution in [3.05, 3.63) is 54.0 Å². The number of allylic oxidation sites excluding steroid dienone is 1. The molecule has 0 radical (unpaired) electrons. The molecule has 0 saturated heterocycles. The number of halogens is 1. The van der Waals surface area contributed by atoms with Gasteiger partial charge < -0.3 is 9.84 Å². The second kappa shape index (κ2) is 6.35. The summed E-state index contributed by atoms with van der Waals surface area (Å²) in [5, 5.41) is 6.44. The van der Waals surface area contributed by atoms with E-state index >= 15 is 0 Å². The van der Waals surface area contributed by atoms with Gasteiger partial charge in [0.2, 0.25) is 5.91 Å². The van der Waals surface area contributed by atoms with E-state index in [0.29, 0.717) is 17.0 Å². The lowest BCUT2D eigenvalue weighted by Crippen LogP contribution is -2.34. The van der Waals surface area contributed by atoms with E-state index in [1.807, 2.05) is 0 Å². The molecule has 1 aliphatic heterocycles. The molecule has 0 spiro atoms. The van der Waals surface area contributed by atoms with Crippen LogP contribution in [0.5, 0.6) is 0 Å². The molecule has 23 heavy (non-hydrogen) atoms. The molecule has 1 aromatic carbocycles. The van der Waals surface area contributed by atoms with E-state index in [2.05, 4.69) is 15.5 Å². The molecule has 2 amide bonds. The van der Waals surface area contributed by atoms with Crippen LogP contribution >= 0.6 is 0 Å². The van der Waals surface area contributed by atoms with E-state index in [1.165, 1.54) is 24.4 Å². The number of nitrogens with one attached hydrogen (secondary N) is 1. The highest BCUT2D eigenvalue weighted by atomic mass is 19.1. The third kappa shape index (κ3) is 3.39. The summed E-state index contributed by atoms with van der Waals surface area (Å²) in [6.45, 7) is 0.116. The summed E-state index contributed by atoms with van der Waals surface area (Å²) in [5.74, 6) is -1.74. The lowest BCUT2D eigenvalue weighted by Gasteiger charge is -2.10. The quantitative estimate of drug-likeness (QED) is 0.873. The standard InChI is InChI=1S/C16H12FN3O3/c17-11-5-3-10(4-6-11)14-8-12(20-23-14)9-19-16(22)13-2-1-7-18-15(13)21/h1-8,13H,9H2,(H,19,22). The number of carbonyl (C=O) groups is 2. The topological polar surface area (TPSA) is 84.6 Å². The van der Waals surface area contributed by atoms with Crippen molar-refractivity contribution in [2.24, 2.45) is 10.9 Å². The third-order valence-electron chi connectivity index (χ3n) is 3.27. The maximum absolute atomic E-state index is 12.9. The van der Waals surface area contributed by atoms with Gasteiger partial charge in [-0.1, -0.05) is 11.2 Å². The maximum atomic E-state index is 12.9. The van der Waals surface area contributed by atoms with Crippen LogP contribution in [0.25, 0.3) is 11.3 Å². The molecule has 3 rings (SSSR count). The number of hydrogen-bond acceptors (Lipinski definition) is 4. The summed E-state index contributed by atoms with van der Waals surface area (Å²) >= 11 is 0. The van der Waals surface area contributed by atoms with E-state index in [1.54, 1.807) is 24.3 Å². The number of amides is 2. The van der Waals surface area contributed by atoms with E-state index in [4.69, 9.17) is 4.52 Å². The predicted octanol–water partition coefficient (Wildman–Crippen LogP) is 1.88. The number of benzene rings is 1. The summed E-state index contributed by atoms with van der Waals surface area (Å²) in [7, 11) is 0. The van der Waals surface area contributed by atoms with Crippen LogP contribution in [-0.2, 0) is 16.1 Å². The first-order chi connectivity index (χ1) is 11.1. The van der Waals surface area contributed by atoms with Crippen LogP contribution in [0, 0.1) is 11.7 Å². The molecule has 1 unspecified atom stereocenters. The fourth-order valence-corrected chi connectivity index (χ4v) is 2.07. The largest absolute Gasteiger partial charge is 0.356 e. The highest BCUT2D eigenvalue weighted by Crippen LogP contribution is 2.20. The summed E-state index contributed by atoms with van der Waals surface area (Å²) in [4.78, 5) is 27.0. The van der Waals surface area contributed by atoms with Gasteiger partial charge in [-0.15, -0.1) is 0 Å². The van der Waals surface area contributed by atoms with Crippen molar-refractivity contribution in [2.75, 3.05) is 0 Å². The molecule has 116 valence electrons. The Kier molecular flexibility index (Phi) is 4.09. The van der Waals surface area contributed by atoms with Crippen molar-refractivity contribution >= 4 is 18.0 Å². The Bertz CT molecular complexity index is 793. The second-order valence-electron chi connectivity index (χ2n) is 4.89. The molecule has 1 atom stereocenters. The molecule has 0 aliphatic carbocycles. The second-order valence-corrected chi connectivity index (χ2v) is 4.89.